The summed E-state index contributed by atoms with van der Waals surface area (Å²) in [4.78, 5) is 15.6. The lowest BCUT2D eigenvalue weighted by Gasteiger charge is -2.18. The zero-order chi connectivity index (χ0) is 18.9. The second-order valence-electron chi connectivity index (χ2n) is 6.48. The monoisotopic (exact) mass is 371 g/mol. The van der Waals surface area contributed by atoms with Crippen molar-refractivity contribution in [2.45, 2.75) is 6.42 Å². The number of para-hydroxylation sites is 2. The lowest BCUT2D eigenvalue weighted by Crippen LogP contribution is -2.23. The van der Waals surface area contributed by atoms with Gasteiger partial charge >= 0.3 is 0 Å². The van der Waals surface area contributed by atoms with Crippen LogP contribution in [0.4, 0.5) is 17.5 Å². The van der Waals surface area contributed by atoms with Gasteiger partial charge in [0.15, 0.2) is 5.82 Å². The molecular formula is C19H17N9. The van der Waals surface area contributed by atoms with Gasteiger partial charge in [0.2, 0.25) is 5.95 Å². The number of tetrazole rings is 1. The molecule has 4 heterocycles. The van der Waals surface area contributed by atoms with E-state index in [2.05, 4.69) is 30.8 Å². The summed E-state index contributed by atoms with van der Waals surface area (Å²) in [6.07, 6.45) is 4.38. The highest BCUT2D eigenvalue weighted by Gasteiger charge is 2.23. The van der Waals surface area contributed by atoms with Crippen molar-refractivity contribution in [1.29, 1.82) is 0 Å². The molecule has 0 atom stereocenters. The third kappa shape index (κ3) is 2.82. The number of benzene rings is 1. The van der Waals surface area contributed by atoms with Crippen LogP contribution in [0.25, 0.3) is 17.1 Å². The molecule has 5 rings (SSSR count). The fourth-order valence-electron chi connectivity index (χ4n) is 3.15. The average molecular weight is 371 g/mol. The SMILES string of the molecule is CN(CCc1ccccn1)c1ncc2c(n1)Nc1ccccc1-n1nnnc1-2. The molecule has 0 fully saturated rings. The minimum Gasteiger partial charge on any atom is -0.343 e. The Morgan fingerprint density at radius 2 is 1.96 bits per heavy atom. The molecule has 28 heavy (non-hydrogen) atoms. The van der Waals surface area contributed by atoms with Crippen molar-refractivity contribution >= 4 is 17.5 Å². The van der Waals surface area contributed by atoms with E-state index in [-0.39, 0.29) is 0 Å². The summed E-state index contributed by atoms with van der Waals surface area (Å²) < 4.78 is 1.70. The molecule has 0 amide bonds. The Balaban J connectivity index is 1.48. The van der Waals surface area contributed by atoms with E-state index in [0.717, 1.165) is 35.6 Å². The lowest BCUT2D eigenvalue weighted by molar-refractivity contribution is 0.793. The number of anilines is 3. The predicted molar refractivity (Wildman–Crippen MR) is 105 cm³/mol. The van der Waals surface area contributed by atoms with Crippen LogP contribution in [-0.4, -0.2) is 48.8 Å². The van der Waals surface area contributed by atoms with Crippen molar-refractivity contribution in [3.05, 3.63) is 60.6 Å². The average Bonchev–Trinajstić information content (AvgIpc) is 3.18. The molecule has 9 nitrogen and oxygen atoms in total. The van der Waals surface area contributed by atoms with E-state index in [1.54, 1.807) is 17.1 Å². The standard InChI is InChI=1S/C19H17N9/c1-27(11-9-13-6-4-5-10-20-13)19-21-12-14-17(23-19)22-15-7-2-3-8-16(15)28-18(14)24-25-26-28/h2-8,10,12H,9,11H2,1H3,(H,21,22,23). The molecule has 0 bridgehead atoms. The molecule has 0 saturated heterocycles. The van der Waals surface area contributed by atoms with Gasteiger partial charge in [-0.3, -0.25) is 4.98 Å². The minimum absolute atomic E-state index is 0.607. The van der Waals surface area contributed by atoms with Crippen LogP contribution in [0.15, 0.2) is 54.9 Å². The van der Waals surface area contributed by atoms with Gasteiger partial charge in [0.1, 0.15) is 5.82 Å². The molecule has 1 aromatic carbocycles. The predicted octanol–water partition coefficient (Wildman–Crippen LogP) is 2.25. The van der Waals surface area contributed by atoms with Crippen LogP contribution >= 0.6 is 0 Å². The van der Waals surface area contributed by atoms with Gasteiger partial charge in [-0.2, -0.15) is 9.67 Å². The number of aromatic nitrogens is 7. The molecule has 9 heteroatoms. The Kier molecular flexibility index (Phi) is 3.90. The molecule has 138 valence electrons. The van der Waals surface area contributed by atoms with Crippen LogP contribution in [0, 0.1) is 0 Å². The Morgan fingerprint density at radius 1 is 1.07 bits per heavy atom. The van der Waals surface area contributed by atoms with Crippen molar-refractivity contribution in [3.63, 3.8) is 0 Å². The zero-order valence-corrected chi connectivity index (χ0v) is 15.2. The van der Waals surface area contributed by atoms with Gasteiger partial charge in [0.05, 0.1) is 16.9 Å². The van der Waals surface area contributed by atoms with E-state index in [4.69, 9.17) is 4.98 Å². The number of likely N-dealkylation sites (N-methyl/N-ethyl adjacent to an activating group) is 1. The quantitative estimate of drug-likeness (QED) is 0.514. The molecule has 0 aliphatic carbocycles. The Bertz CT molecular complexity index is 1120. The summed E-state index contributed by atoms with van der Waals surface area (Å²) in [5.41, 5.74) is 3.54. The molecule has 4 aromatic rings. The molecule has 1 aliphatic rings. The molecule has 0 saturated carbocycles. The lowest BCUT2D eigenvalue weighted by atomic mass is 10.2. The van der Waals surface area contributed by atoms with Crippen LogP contribution in [-0.2, 0) is 6.42 Å². The fraction of sp³-hybridized carbons (Fsp3) is 0.158. The maximum absolute atomic E-state index is 4.74. The number of hydrogen-bond acceptors (Lipinski definition) is 8. The molecule has 3 aromatic heterocycles. The van der Waals surface area contributed by atoms with Gasteiger partial charge in [-0.1, -0.05) is 18.2 Å². The Labute approximate surface area is 161 Å². The summed E-state index contributed by atoms with van der Waals surface area (Å²) in [5, 5.41) is 15.5. The Hall–Kier alpha value is -3.88. The second kappa shape index (κ2) is 6.69. The molecule has 1 N–H and O–H groups in total. The molecule has 1 aliphatic heterocycles. The first-order valence-electron chi connectivity index (χ1n) is 8.93. The molecule has 0 radical (unpaired) electrons. The van der Waals surface area contributed by atoms with E-state index >= 15 is 0 Å². The Morgan fingerprint density at radius 3 is 2.86 bits per heavy atom. The van der Waals surface area contributed by atoms with Crippen LogP contribution in [0.5, 0.6) is 0 Å². The number of nitrogens with one attached hydrogen (secondary N) is 1. The van der Waals surface area contributed by atoms with Crippen molar-refractivity contribution in [2.75, 3.05) is 23.8 Å². The summed E-state index contributed by atoms with van der Waals surface area (Å²) in [6.45, 7) is 0.754. The first kappa shape index (κ1) is 16.3. The van der Waals surface area contributed by atoms with Crippen LogP contribution in [0.2, 0.25) is 0 Å². The van der Waals surface area contributed by atoms with Crippen molar-refractivity contribution < 1.29 is 0 Å². The number of fused-ring (bicyclic) bond motifs is 5. The van der Waals surface area contributed by atoms with Crippen molar-refractivity contribution in [3.8, 4) is 17.1 Å². The van der Waals surface area contributed by atoms with E-state index < -0.39 is 0 Å². The highest BCUT2D eigenvalue weighted by molar-refractivity contribution is 5.81. The van der Waals surface area contributed by atoms with Crippen LogP contribution in [0.1, 0.15) is 5.69 Å². The van der Waals surface area contributed by atoms with E-state index in [9.17, 15) is 0 Å². The highest BCUT2D eigenvalue weighted by atomic mass is 15.5. The molecule has 0 spiro atoms. The first-order valence-corrected chi connectivity index (χ1v) is 8.93. The maximum Gasteiger partial charge on any atom is 0.227 e. The summed E-state index contributed by atoms with van der Waals surface area (Å²) in [5.74, 6) is 1.91. The smallest absolute Gasteiger partial charge is 0.227 e. The van der Waals surface area contributed by atoms with Gasteiger partial charge in [-0.25, -0.2) is 4.98 Å². The van der Waals surface area contributed by atoms with Crippen molar-refractivity contribution in [2.24, 2.45) is 0 Å². The van der Waals surface area contributed by atoms with Gasteiger partial charge < -0.3 is 10.2 Å². The summed E-state index contributed by atoms with van der Waals surface area (Å²) in [6, 6.07) is 13.8. The largest absolute Gasteiger partial charge is 0.343 e. The molecule has 0 unspecified atom stereocenters. The molecular weight excluding hydrogens is 354 g/mol. The van der Waals surface area contributed by atoms with Crippen LogP contribution in [0.3, 0.4) is 0 Å². The zero-order valence-electron chi connectivity index (χ0n) is 15.2. The van der Waals surface area contributed by atoms with Crippen molar-refractivity contribution in [1.82, 2.24) is 35.2 Å². The second-order valence-corrected chi connectivity index (χ2v) is 6.48. The van der Waals surface area contributed by atoms with Gasteiger partial charge in [0.25, 0.3) is 0 Å². The maximum atomic E-state index is 4.74. The van der Waals surface area contributed by atoms with E-state index in [1.807, 2.05) is 54.4 Å². The number of rotatable bonds is 4. The van der Waals surface area contributed by atoms with Gasteiger partial charge in [-0.15, -0.1) is 5.10 Å². The third-order valence-corrected chi connectivity index (χ3v) is 4.64. The summed E-state index contributed by atoms with van der Waals surface area (Å²) >= 11 is 0. The third-order valence-electron chi connectivity index (χ3n) is 4.64. The van der Waals surface area contributed by atoms with E-state index in [0.29, 0.717) is 17.6 Å². The number of pyridine rings is 1. The summed E-state index contributed by atoms with van der Waals surface area (Å²) in [7, 11) is 1.97. The van der Waals surface area contributed by atoms with Gasteiger partial charge in [-0.05, 0) is 34.7 Å². The van der Waals surface area contributed by atoms with Gasteiger partial charge in [0, 0.05) is 38.1 Å². The fourth-order valence-corrected chi connectivity index (χ4v) is 3.15. The number of nitrogens with zero attached hydrogens (tertiary/aromatic N) is 8. The number of hydrogen-bond donors (Lipinski definition) is 1. The highest BCUT2D eigenvalue weighted by Crippen LogP contribution is 2.35. The van der Waals surface area contributed by atoms with Crippen LogP contribution < -0.4 is 10.2 Å². The first-order chi connectivity index (χ1) is 13.8. The minimum atomic E-state index is 0.607. The van der Waals surface area contributed by atoms with E-state index in [1.165, 1.54) is 0 Å². The normalized spacial score (nSPS) is 11.6. The topological polar surface area (TPSA) is 97.5 Å².